The van der Waals surface area contributed by atoms with Crippen LogP contribution in [0, 0.1) is 11.3 Å². The second kappa shape index (κ2) is 11.2. The van der Waals surface area contributed by atoms with E-state index in [4.69, 9.17) is 19.5 Å². The highest BCUT2D eigenvalue weighted by atomic mass is 16.7. The number of likely N-dealkylation sites (tertiary alicyclic amines) is 1. The highest BCUT2D eigenvalue weighted by molar-refractivity contribution is 5.89. The monoisotopic (exact) mass is 491 g/mol. The zero-order chi connectivity index (χ0) is 24.9. The summed E-state index contributed by atoms with van der Waals surface area (Å²) in [6.07, 6.45) is 3.38. The van der Waals surface area contributed by atoms with Crippen molar-refractivity contribution in [2.24, 2.45) is 0 Å². The number of nitriles is 1. The van der Waals surface area contributed by atoms with Crippen LogP contribution in [0.4, 0.5) is 5.82 Å². The molecule has 3 aliphatic rings. The SMILES string of the molecule is CN1CCC[C@H]1COc1nc2c(c(N3CCN(OC(=O)c4ccccc4)[C@@H](CC#N)C3)n1)CCNC2. The van der Waals surface area contributed by atoms with E-state index in [1.165, 1.54) is 6.42 Å². The lowest BCUT2D eigenvalue weighted by atomic mass is 10.0. The smallest absolute Gasteiger partial charge is 0.357 e. The van der Waals surface area contributed by atoms with Crippen molar-refractivity contribution >= 4 is 11.8 Å². The van der Waals surface area contributed by atoms with Gasteiger partial charge in [-0.3, -0.25) is 0 Å². The lowest BCUT2D eigenvalue weighted by Gasteiger charge is -2.40. The molecule has 1 aromatic carbocycles. The molecule has 5 rings (SSSR count). The lowest BCUT2D eigenvalue weighted by Crippen LogP contribution is -2.54. The number of carbonyl (C=O) groups is 1. The van der Waals surface area contributed by atoms with Crippen LogP contribution in [-0.2, 0) is 17.8 Å². The Hall–Kier alpha value is -3.26. The summed E-state index contributed by atoms with van der Waals surface area (Å²) in [4.78, 5) is 32.5. The number of fused-ring (bicyclic) bond motifs is 1. The van der Waals surface area contributed by atoms with E-state index in [1.807, 2.05) is 6.07 Å². The van der Waals surface area contributed by atoms with E-state index in [0.717, 1.165) is 43.0 Å². The van der Waals surface area contributed by atoms with Gasteiger partial charge < -0.3 is 24.7 Å². The van der Waals surface area contributed by atoms with Crippen LogP contribution in [0.3, 0.4) is 0 Å². The predicted molar refractivity (Wildman–Crippen MR) is 133 cm³/mol. The van der Waals surface area contributed by atoms with Crippen LogP contribution in [0.5, 0.6) is 6.01 Å². The number of hydrogen-bond acceptors (Lipinski definition) is 10. The highest BCUT2D eigenvalue weighted by Crippen LogP contribution is 2.29. The molecule has 0 unspecified atom stereocenters. The van der Waals surface area contributed by atoms with Gasteiger partial charge in [0, 0.05) is 31.2 Å². The fraction of sp³-hybridized carbons (Fsp3) is 0.538. The second-order valence-electron chi connectivity index (χ2n) is 9.62. The number of likely N-dealkylation sites (N-methyl/N-ethyl adjacent to an activating group) is 1. The average molecular weight is 492 g/mol. The molecule has 190 valence electrons. The van der Waals surface area contributed by atoms with Crippen LogP contribution in [0.25, 0.3) is 0 Å². The number of aromatic nitrogens is 2. The van der Waals surface area contributed by atoms with E-state index in [2.05, 4.69) is 28.2 Å². The molecule has 1 N–H and O–H groups in total. The first-order valence-electron chi connectivity index (χ1n) is 12.7. The minimum absolute atomic E-state index is 0.241. The van der Waals surface area contributed by atoms with E-state index in [-0.39, 0.29) is 12.5 Å². The molecule has 10 heteroatoms. The molecule has 36 heavy (non-hydrogen) atoms. The standard InChI is InChI=1S/C26H33N7O3/c1-31-13-5-8-21(31)18-35-26-29-23-16-28-12-10-22(23)24(30-26)32-14-15-33(20(17-32)9-11-27)36-25(34)19-6-3-2-4-7-19/h2-4,6-7,20-21,28H,5,8-10,12-18H2,1H3/t20-,21-/m0/s1. The summed E-state index contributed by atoms with van der Waals surface area (Å²) in [5.41, 5.74) is 2.59. The molecule has 0 aliphatic carbocycles. The maximum absolute atomic E-state index is 12.6. The summed E-state index contributed by atoms with van der Waals surface area (Å²) in [5, 5.41) is 14.5. The normalized spacial score (nSPS) is 22.6. The molecule has 0 radical (unpaired) electrons. The van der Waals surface area contributed by atoms with Crippen molar-refractivity contribution in [1.82, 2.24) is 25.2 Å². The van der Waals surface area contributed by atoms with Crippen molar-refractivity contribution in [3.63, 3.8) is 0 Å². The minimum Gasteiger partial charge on any atom is -0.462 e. The van der Waals surface area contributed by atoms with Crippen LogP contribution in [-0.4, -0.2) is 84.4 Å². The number of hydrogen-bond donors (Lipinski definition) is 1. The Morgan fingerprint density at radius 2 is 2.06 bits per heavy atom. The fourth-order valence-corrected chi connectivity index (χ4v) is 5.16. The van der Waals surface area contributed by atoms with Crippen molar-refractivity contribution in [2.45, 2.75) is 44.3 Å². The molecule has 0 amide bonds. The Morgan fingerprint density at radius 1 is 1.19 bits per heavy atom. The number of rotatable bonds is 7. The van der Waals surface area contributed by atoms with Gasteiger partial charge in [-0.15, -0.1) is 5.06 Å². The maximum atomic E-state index is 12.6. The summed E-state index contributed by atoms with van der Waals surface area (Å²) in [5.74, 6) is 0.457. The Balaban J connectivity index is 1.33. The van der Waals surface area contributed by atoms with Gasteiger partial charge in [-0.2, -0.15) is 15.2 Å². The third kappa shape index (κ3) is 5.43. The zero-order valence-electron chi connectivity index (χ0n) is 20.7. The summed E-state index contributed by atoms with van der Waals surface area (Å²) >= 11 is 0. The van der Waals surface area contributed by atoms with Gasteiger partial charge in [0.1, 0.15) is 12.4 Å². The Labute approximate surface area is 211 Å². The molecule has 0 bridgehead atoms. The molecule has 2 fully saturated rings. The van der Waals surface area contributed by atoms with Gasteiger partial charge in [-0.05, 0) is 51.5 Å². The number of carbonyl (C=O) groups excluding carboxylic acids is 1. The van der Waals surface area contributed by atoms with Gasteiger partial charge in [0.15, 0.2) is 0 Å². The average Bonchev–Trinajstić information content (AvgIpc) is 3.33. The Bertz CT molecular complexity index is 1110. The Kier molecular flexibility index (Phi) is 7.60. The lowest BCUT2D eigenvalue weighted by molar-refractivity contribution is -0.140. The molecule has 1 aromatic heterocycles. The zero-order valence-corrected chi connectivity index (χ0v) is 20.7. The topological polar surface area (TPSA) is 107 Å². The van der Waals surface area contributed by atoms with Crippen LogP contribution in [0.15, 0.2) is 30.3 Å². The quantitative estimate of drug-likeness (QED) is 0.616. The number of nitrogens with one attached hydrogen (secondary N) is 1. The molecule has 3 aliphatic heterocycles. The number of piperazine rings is 1. The summed E-state index contributed by atoms with van der Waals surface area (Å²) < 4.78 is 6.10. The van der Waals surface area contributed by atoms with E-state index in [0.29, 0.717) is 50.4 Å². The first-order valence-corrected chi connectivity index (χ1v) is 12.7. The highest BCUT2D eigenvalue weighted by Gasteiger charge is 2.33. The summed E-state index contributed by atoms with van der Waals surface area (Å²) in [7, 11) is 2.13. The molecule has 0 spiro atoms. The van der Waals surface area contributed by atoms with Gasteiger partial charge in [-0.25, -0.2) is 4.79 Å². The van der Waals surface area contributed by atoms with Gasteiger partial charge in [-0.1, -0.05) is 18.2 Å². The van der Waals surface area contributed by atoms with E-state index in [9.17, 15) is 10.1 Å². The Morgan fingerprint density at radius 3 is 2.83 bits per heavy atom. The third-order valence-corrected chi connectivity index (χ3v) is 7.24. The molecule has 10 nitrogen and oxygen atoms in total. The predicted octanol–water partition coefficient (Wildman–Crippen LogP) is 1.77. The van der Waals surface area contributed by atoms with Crippen molar-refractivity contribution in [1.29, 1.82) is 5.26 Å². The first kappa shape index (κ1) is 24.4. The fourth-order valence-electron chi connectivity index (χ4n) is 5.16. The largest absolute Gasteiger partial charge is 0.462 e. The minimum atomic E-state index is -0.412. The molecule has 4 heterocycles. The first-order chi connectivity index (χ1) is 17.6. The number of benzene rings is 1. The maximum Gasteiger partial charge on any atom is 0.357 e. The van der Waals surface area contributed by atoms with Gasteiger partial charge in [0.25, 0.3) is 0 Å². The van der Waals surface area contributed by atoms with Crippen molar-refractivity contribution in [2.75, 3.05) is 51.3 Å². The van der Waals surface area contributed by atoms with E-state index >= 15 is 0 Å². The summed E-state index contributed by atoms with van der Waals surface area (Å²) in [6, 6.07) is 11.7. The van der Waals surface area contributed by atoms with Gasteiger partial charge in [0.2, 0.25) is 0 Å². The molecule has 0 saturated carbocycles. The van der Waals surface area contributed by atoms with Crippen molar-refractivity contribution in [3.05, 3.63) is 47.2 Å². The number of ether oxygens (including phenoxy) is 1. The van der Waals surface area contributed by atoms with E-state index in [1.54, 1.807) is 29.3 Å². The second-order valence-corrected chi connectivity index (χ2v) is 9.62. The molecule has 2 atom stereocenters. The van der Waals surface area contributed by atoms with Crippen LogP contribution in [0.2, 0.25) is 0 Å². The molecular formula is C26H33N7O3. The van der Waals surface area contributed by atoms with Crippen molar-refractivity contribution < 1.29 is 14.4 Å². The van der Waals surface area contributed by atoms with Gasteiger partial charge >= 0.3 is 12.0 Å². The summed E-state index contributed by atoms with van der Waals surface area (Å²) in [6.45, 7) is 4.83. The van der Waals surface area contributed by atoms with Crippen LogP contribution >= 0.6 is 0 Å². The van der Waals surface area contributed by atoms with Crippen LogP contribution in [0.1, 0.15) is 40.9 Å². The van der Waals surface area contributed by atoms with Gasteiger partial charge in [0.05, 0.1) is 36.3 Å². The third-order valence-electron chi connectivity index (χ3n) is 7.24. The van der Waals surface area contributed by atoms with Crippen LogP contribution < -0.4 is 15.0 Å². The number of hydroxylamine groups is 2. The van der Waals surface area contributed by atoms with E-state index < -0.39 is 5.97 Å². The molecule has 2 saturated heterocycles. The molecular weight excluding hydrogens is 458 g/mol. The number of nitrogens with zero attached hydrogens (tertiary/aromatic N) is 6. The van der Waals surface area contributed by atoms with Crippen molar-refractivity contribution in [3.8, 4) is 12.1 Å². The molecule has 2 aromatic rings. The number of anilines is 1.